The van der Waals surface area contributed by atoms with E-state index in [1.54, 1.807) is 0 Å². The molecule has 3 amide bonds. The number of carbonyl (C=O) groups excluding carboxylic acids is 2. The number of nitrogens with zero attached hydrogens (tertiary/aromatic N) is 1. The molecule has 1 saturated carbocycles. The Bertz CT molecular complexity index is 373. The zero-order valence-corrected chi connectivity index (χ0v) is 14.2. The van der Waals surface area contributed by atoms with E-state index in [4.69, 9.17) is 5.73 Å². The number of likely N-dealkylation sites (tertiary alicyclic amines) is 1. The molecule has 2 atom stereocenters. The molecule has 128 valence electrons. The lowest BCUT2D eigenvalue weighted by atomic mass is 9.96. The van der Waals surface area contributed by atoms with Crippen molar-refractivity contribution in [2.75, 3.05) is 19.6 Å². The molecule has 1 aliphatic heterocycles. The summed E-state index contributed by atoms with van der Waals surface area (Å²) in [5, 5.41) is 5.33. The Morgan fingerprint density at radius 3 is 2.50 bits per heavy atom. The number of hydrogen-bond acceptors (Lipinski definition) is 4. The lowest BCUT2D eigenvalue weighted by molar-refractivity contribution is -0.121. The molecule has 0 radical (unpaired) electrons. The maximum atomic E-state index is 11.9. The number of nitrogens with two attached hydrogens (primary N) is 1. The molecule has 0 aromatic rings. The standard InChI is InChI=1S/C15H28N4O2.ClH/c1-11(16)12-7-8-19(9-12)10-14(20)18-15(21)17-13-5-3-2-4-6-13;/h11-13H,2-10,16H2,1H3,(H2,17,18,20,21);1H. The van der Waals surface area contributed by atoms with E-state index in [0.717, 1.165) is 45.2 Å². The number of rotatable bonds is 4. The number of carbonyl (C=O) groups is 2. The molecule has 6 nitrogen and oxygen atoms in total. The van der Waals surface area contributed by atoms with E-state index in [-0.39, 0.29) is 43.0 Å². The third-order valence-electron chi connectivity index (χ3n) is 4.61. The van der Waals surface area contributed by atoms with Crippen molar-refractivity contribution in [3.63, 3.8) is 0 Å². The van der Waals surface area contributed by atoms with Crippen molar-refractivity contribution < 1.29 is 9.59 Å². The van der Waals surface area contributed by atoms with Gasteiger partial charge in [-0.25, -0.2) is 4.79 Å². The summed E-state index contributed by atoms with van der Waals surface area (Å²) in [6.07, 6.45) is 6.62. The van der Waals surface area contributed by atoms with Crippen molar-refractivity contribution in [3.8, 4) is 0 Å². The fraction of sp³-hybridized carbons (Fsp3) is 0.867. The Hall–Kier alpha value is -0.850. The van der Waals surface area contributed by atoms with E-state index in [1.165, 1.54) is 6.42 Å². The molecule has 0 aromatic heterocycles. The monoisotopic (exact) mass is 332 g/mol. The summed E-state index contributed by atoms with van der Waals surface area (Å²) in [4.78, 5) is 25.7. The highest BCUT2D eigenvalue weighted by atomic mass is 35.5. The van der Waals surface area contributed by atoms with Gasteiger partial charge in [0.05, 0.1) is 6.54 Å². The molecule has 4 N–H and O–H groups in total. The third-order valence-corrected chi connectivity index (χ3v) is 4.61. The molecule has 2 rings (SSSR count). The zero-order valence-electron chi connectivity index (χ0n) is 13.3. The summed E-state index contributed by atoms with van der Waals surface area (Å²) >= 11 is 0. The summed E-state index contributed by atoms with van der Waals surface area (Å²) in [6, 6.07) is 0.0308. The Balaban J connectivity index is 0.00000242. The van der Waals surface area contributed by atoms with Gasteiger partial charge in [-0.3, -0.25) is 15.0 Å². The normalized spacial score (nSPS) is 24.4. The zero-order chi connectivity index (χ0) is 15.2. The second-order valence-corrected chi connectivity index (χ2v) is 6.50. The van der Waals surface area contributed by atoms with E-state index in [1.807, 2.05) is 6.92 Å². The van der Waals surface area contributed by atoms with Crippen LogP contribution in [0.15, 0.2) is 0 Å². The lowest BCUT2D eigenvalue weighted by Gasteiger charge is -2.23. The van der Waals surface area contributed by atoms with Gasteiger partial charge in [0.1, 0.15) is 0 Å². The molecule has 0 spiro atoms. The van der Waals surface area contributed by atoms with Crippen molar-refractivity contribution in [2.24, 2.45) is 11.7 Å². The summed E-state index contributed by atoms with van der Waals surface area (Å²) in [5.41, 5.74) is 5.88. The predicted octanol–water partition coefficient (Wildman–Crippen LogP) is 1.24. The van der Waals surface area contributed by atoms with Crippen LogP contribution in [-0.2, 0) is 4.79 Å². The minimum Gasteiger partial charge on any atom is -0.335 e. The molecular formula is C15H29ClN4O2. The number of hydrogen-bond donors (Lipinski definition) is 3. The number of urea groups is 1. The van der Waals surface area contributed by atoms with E-state index in [0.29, 0.717) is 5.92 Å². The minimum absolute atomic E-state index is 0. The molecule has 2 fully saturated rings. The van der Waals surface area contributed by atoms with Gasteiger partial charge >= 0.3 is 6.03 Å². The first-order valence-corrected chi connectivity index (χ1v) is 8.13. The van der Waals surface area contributed by atoms with Gasteiger partial charge in [-0.15, -0.1) is 12.4 Å². The summed E-state index contributed by atoms with van der Waals surface area (Å²) in [5.74, 6) is 0.225. The van der Waals surface area contributed by atoms with Gasteiger partial charge in [-0.2, -0.15) is 0 Å². The number of nitrogens with one attached hydrogen (secondary N) is 2. The van der Waals surface area contributed by atoms with Crippen molar-refractivity contribution in [3.05, 3.63) is 0 Å². The predicted molar refractivity (Wildman–Crippen MR) is 89.0 cm³/mol. The minimum atomic E-state index is -0.352. The molecule has 22 heavy (non-hydrogen) atoms. The first-order valence-electron chi connectivity index (χ1n) is 8.13. The third kappa shape index (κ3) is 6.10. The highest BCUT2D eigenvalue weighted by Gasteiger charge is 2.26. The van der Waals surface area contributed by atoms with Crippen LogP contribution in [0.25, 0.3) is 0 Å². The van der Waals surface area contributed by atoms with Gasteiger partial charge in [0.2, 0.25) is 5.91 Å². The Morgan fingerprint density at radius 2 is 1.91 bits per heavy atom. The highest BCUT2D eigenvalue weighted by molar-refractivity contribution is 5.95. The van der Waals surface area contributed by atoms with Crippen LogP contribution < -0.4 is 16.4 Å². The second-order valence-electron chi connectivity index (χ2n) is 6.50. The van der Waals surface area contributed by atoms with Crippen LogP contribution in [0.5, 0.6) is 0 Å². The quantitative estimate of drug-likeness (QED) is 0.722. The molecular weight excluding hydrogens is 304 g/mol. The van der Waals surface area contributed by atoms with Crippen LogP contribution in [0.2, 0.25) is 0 Å². The van der Waals surface area contributed by atoms with Crippen LogP contribution in [0.4, 0.5) is 4.79 Å². The van der Waals surface area contributed by atoms with Crippen LogP contribution in [0, 0.1) is 5.92 Å². The number of halogens is 1. The van der Waals surface area contributed by atoms with E-state index < -0.39 is 0 Å². The molecule has 1 aliphatic carbocycles. The molecule has 0 aromatic carbocycles. The largest absolute Gasteiger partial charge is 0.335 e. The molecule has 2 unspecified atom stereocenters. The molecule has 1 heterocycles. The van der Waals surface area contributed by atoms with E-state index in [2.05, 4.69) is 15.5 Å². The Kier molecular flexibility index (Phi) is 8.14. The molecule has 0 bridgehead atoms. The first kappa shape index (κ1) is 19.2. The Labute approximate surface area is 139 Å². The first-order chi connectivity index (χ1) is 10.0. The van der Waals surface area contributed by atoms with E-state index >= 15 is 0 Å². The summed E-state index contributed by atoms with van der Waals surface area (Å²) in [6.45, 7) is 4.01. The number of amides is 3. The SMILES string of the molecule is CC(N)C1CCN(CC(=O)NC(=O)NC2CCCCC2)C1.Cl. The smallest absolute Gasteiger partial charge is 0.321 e. The Morgan fingerprint density at radius 1 is 1.23 bits per heavy atom. The van der Waals surface area contributed by atoms with Crippen molar-refractivity contribution in [1.29, 1.82) is 0 Å². The van der Waals surface area contributed by atoms with Crippen molar-refractivity contribution >= 4 is 24.3 Å². The van der Waals surface area contributed by atoms with Crippen molar-refractivity contribution in [1.82, 2.24) is 15.5 Å². The van der Waals surface area contributed by atoms with Gasteiger partial charge in [0.25, 0.3) is 0 Å². The summed E-state index contributed by atoms with van der Waals surface area (Å²) in [7, 11) is 0. The molecule has 7 heteroatoms. The maximum Gasteiger partial charge on any atom is 0.321 e. The lowest BCUT2D eigenvalue weighted by Crippen LogP contribution is -2.47. The molecule has 2 aliphatic rings. The van der Waals surface area contributed by atoms with Gasteiger partial charge in [0, 0.05) is 18.6 Å². The second kappa shape index (κ2) is 9.33. The van der Waals surface area contributed by atoms with Crippen LogP contribution in [-0.4, -0.2) is 48.6 Å². The number of imide groups is 1. The average Bonchev–Trinajstić information content (AvgIpc) is 2.88. The fourth-order valence-electron chi connectivity index (χ4n) is 3.27. The van der Waals surface area contributed by atoms with Gasteiger partial charge < -0.3 is 11.1 Å². The van der Waals surface area contributed by atoms with Crippen molar-refractivity contribution in [2.45, 2.75) is 57.5 Å². The van der Waals surface area contributed by atoms with Gasteiger partial charge in [-0.1, -0.05) is 19.3 Å². The highest BCUT2D eigenvalue weighted by Crippen LogP contribution is 2.18. The summed E-state index contributed by atoms with van der Waals surface area (Å²) < 4.78 is 0. The average molecular weight is 333 g/mol. The van der Waals surface area contributed by atoms with Gasteiger partial charge in [0.15, 0.2) is 0 Å². The fourth-order valence-corrected chi connectivity index (χ4v) is 3.27. The van der Waals surface area contributed by atoms with E-state index in [9.17, 15) is 9.59 Å². The topological polar surface area (TPSA) is 87.5 Å². The van der Waals surface area contributed by atoms with Gasteiger partial charge in [-0.05, 0) is 38.6 Å². The maximum absolute atomic E-state index is 11.9. The van der Waals surface area contributed by atoms with Crippen LogP contribution >= 0.6 is 12.4 Å². The molecule has 1 saturated heterocycles. The van der Waals surface area contributed by atoms with Crippen LogP contribution in [0.1, 0.15) is 45.4 Å². The van der Waals surface area contributed by atoms with Crippen LogP contribution in [0.3, 0.4) is 0 Å².